The van der Waals surface area contributed by atoms with Crippen molar-refractivity contribution in [2.24, 2.45) is 5.92 Å². The van der Waals surface area contributed by atoms with Gasteiger partial charge in [0.05, 0.1) is 25.1 Å². The number of alkyl halides is 2. The number of amides is 1. The van der Waals surface area contributed by atoms with E-state index in [0.29, 0.717) is 37.4 Å². The summed E-state index contributed by atoms with van der Waals surface area (Å²) in [6, 6.07) is 3.98. The van der Waals surface area contributed by atoms with Gasteiger partial charge in [-0.2, -0.15) is 0 Å². The molecule has 4 nitrogen and oxygen atoms in total. The van der Waals surface area contributed by atoms with E-state index in [0.717, 1.165) is 6.42 Å². The summed E-state index contributed by atoms with van der Waals surface area (Å²) in [4.78, 5) is 13.8. The zero-order chi connectivity index (χ0) is 16.4. The summed E-state index contributed by atoms with van der Waals surface area (Å²) in [7, 11) is 0. The van der Waals surface area contributed by atoms with Crippen LogP contribution in [0, 0.1) is 11.7 Å². The predicted molar refractivity (Wildman–Crippen MR) is 77.9 cm³/mol. The Morgan fingerprint density at radius 2 is 2.17 bits per heavy atom. The maximum absolute atomic E-state index is 13.5. The quantitative estimate of drug-likeness (QED) is 0.922. The molecule has 1 N–H and O–H groups in total. The van der Waals surface area contributed by atoms with E-state index in [1.165, 1.54) is 12.1 Å². The van der Waals surface area contributed by atoms with Crippen molar-refractivity contribution in [3.05, 3.63) is 29.6 Å². The van der Waals surface area contributed by atoms with Gasteiger partial charge < -0.3 is 10.1 Å². The number of ether oxygens (including phenoxy) is 1. The van der Waals surface area contributed by atoms with E-state index >= 15 is 0 Å². The molecule has 0 bridgehead atoms. The normalized spacial score (nSPS) is 22.0. The molecule has 23 heavy (non-hydrogen) atoms. The fourth-order valence-corrected chi connectivity index (χ4v) is 3.07. The molecule has 1 saturated heterocycles. The molecule has 1 aromatic rings. The Morgan fingerprint density at radius 1 is 1.39 bits per heavy atom. The first kappa shape index (κ1) is 16.1. The summed E-state index contributed by atoms with van der Waals surface area (Å²) < 4.78 is 43.6. The van der Waals surface area contributed by atoms with Crippen LogP contribution in [-0.4, -0.2) is 43.5 Å². The van der Waals surface area contributed by atoms with Crippen LogP contribution in [0.4, 0.5) is 13.2 Å². The van der Waals surface area contributed by atoms with Crippen molar-refractivity contribution in [3.63, 3.8) is 0 Å². The number of hydrogen-bond donors (Lipinski definition) is 1. The zero-order valence-corrected chi connectivity index (χ0v) is 12.6. The topological polar surface area (TPSA) is 41.6 Å². The molecule has 1 unspecified atom stereocenters. The van der Waals surface area contributed by atoms with Crippen LogP contribution < -0.4 is 10.1 Å². The third-order valence-electron chi connectivity index (χ3n) is 4.28. The van der Waals surface area contributed by atoms with E-state index in [1.54, 1.807) is 11.0 Å². The smallest absolute Gasteiger partial charge is 0.251 e. The second-order valence-corrected chi connectivity index (χ2v) is 6.04. The minimum absolute atomic E-state index is 0.169. The average molecular weight is 328 g/mol. The van der Waals surface area contributed by atoms with Gasteiger partial charge in [0.25, 0.3) is 6.43 Å². The zero-order valence-electron chi connectivity index (χ0n) is 12.6. The first-order valence-electron chi connectivity index (χ1n) is 7.76. The minimum atomic E-state index is -2.38. The van der Waals surface area contributed by atoms with Gasteiger partial charge in [0, 0.05) is 18.7 Å². The molecule has 0 saturated carbocycles. The molecular formula is C16H19F3N2O2. The molecule has 7 heteroatoms. The van der Waals surface area contributed by atoms with Crippen molar-refractivity contribution in [1.82, 2.24) is 10.2 Å². The standard InChI is InChI=1S/C16H19F3N2O2/c17-11-3-4-14-12(6-11)13(2-1-5-23-14)20-16(22)10-7-21(8-10)9-15(18)19/h3-4,6,10,13,15H,1-2,5,7-9H2,(H,20,22). The highest BCUT2D eigenvalue weighted by molar-refractivity contribution is 5.80. The SMILES string of the molecule is O=C(NC1CCCOc2ccc(F)cc21)C1CN(CC(F)F)C1. The number of likely N-dealkylation sites (tertiary alicyclic amines) is 1. The Morgan fingerprint density at radius 3 is 2.91 bits per heavy atom. The van der Waals surface area contributed by atoms with Gasteiger partial charge in [0.1, 0.15) is 11.6 Å². The first-order valence-corrected chi connectivity index (χ1v) is 7.76. The van der Waals surface area contributed by atoms with Gasteiger partial charge in [0.15, 0.2) is 0 Å². The lowest BCUT2D eigenvalue weighted by molar-refractivity contribution is -0.132. The molecular weight excluding hydrogens is 309 g/mol. The number of benzene rings is 1. The number of nitrogens with one attached hydrogen (secondary N) is 1. The van der Waals surface area contributed by atoms with Crippen LogP contribution in [0.3, 0.4) is 0 Å². The molecule has 3 rings (SSSR count). The van der Waals surface area contributed by atoms with E-state index < -0.39 is 6.43 Å². The summed E-state index contributed by atoms with van der Waals surface area (Å²) in [6.07, 6.45) is -0.966. The molecule has 1 amide bonds. The number of nitrogens with zero attached hydrogens (tertiary/aromatic N) is 1. The fraction of sp³-hybridized carbons (Fsp3) is 0.562. The highest BCUT2D eigenvalue weighted by Crippen LogP contribution is 2.32. The highest BCUT2D eigenvalue weighted by atomic mass is 19.3. The molecule has 1 fully saturated rings. The monoisotopic (exact) mass is 328 g/mol. The molecule has 1 atom stereocenters. The highest BCUT2D eigenvalue weighted by Gasteiger charge is 2.35. The Kier molecular flexibility index (Phi) is 4.75. The summed E-state index contributed by atoms with van der Waals surface area (Å²) in [5, 5.41) is 2.92. The van der Waals surface area contributed by atoms with E-state index in [1.807, 2.05) is 0 Å². The van der Waals surface area contributed by atoms with Crippen molar-refractivity contribution in [2.45, 2.75) is 25.3 Å². The second-order valence-electron chi connectivity index (χ2n) is 6.04. The van der Waals surface area contributed by atoms with E-state index in [4.69, 9.17) is 4.74 Å². The van der Waals surface area contributed by atoms with Crippen LogP contribution in [0.5, 0.6) is 5.75 Å². The summed E-state index contributed by atoms with van der Waals surface area (Å²) >= 11 is 0. The van der Waals surface area contributed by atoms with E-state index in [2.05, 4.69) is 5.32 Å². The average Bonchev–Trinajstić information content (AvgIpc) is 2.64. The molecule has 2 aliphatic heterocycles. The molecule has 0 aliphatic carbocycles. The number of fused-ring (bicyclic) bond motifs is 1. The predicted octanol–water partition coefficient (Wildman–Crippen LogP) is 2.35. The number of rotatable bonds is 4. The van der Waals surface area contributed by atoms with Crippen LogP contribution >= 0.6 is 0 Å². The van der Waals surface area contributed by atoms with Crippen LogP contribution in [0.15, 0.2) is 18.2 Å². The number of carbonyl (C=O) groups is 1. The van der Waals surface area contributed by atoms with Crippen molar-refractivity contribution < 1.29 is 22.7 Å². The van der Waals surface area contributed by atoms with Crippen LogP contribution in [0.25, 0.3) is 0 Å². The van der Waals surface area contributed by atoms with Gasteiger partial charge in [-0.1, -0.05) is 0 Å². The van der Waals surface area contributed by atoms with Gasteiger partial charge in [-0.25, -0.2) is 13.2 Å². The van der Waals surface area contributed by atoms with E-state index in [-0.39, 0.29) is 30.2 Å². The number of hydrogen-bond acceptors (Lipinski definition) is 3. The van der Waals surface area contributed by atoms with Gasteiger partial charge in [-0.3, -0.25) is 9.69 Å². The Hall–Kier alpha value is -1.76. The lowest BCUT2D eigenvalue weighted by atomic mass is 9.96. The van der Waals surface area contributed by atoms with E-state index in [9.17, 15) is 18.0 Å². The third-order valence-corrected chi connectivity index (χ3v) is 4.28. The largest absolute Gasteiger partial charge is 0.493 e. The summed E-state index contributed by atoms with van der Waals surface area (Å²) in [5.74, 6) is -0.241. The lowest BCUT2D eigenvalue weighted by Crippen LogP contribution is -2.55. The molecule has 126 valence electrons. The number of carbonyl (C=O) groups excluding carboxylic acids is 1. The number of halogens is 3. The third kappa shape index (κ3) is 3.77. The van der Waals surface area contributed by atoms with Crippen molar-refractivity contribution in [1.29, 1.82) is 0 Å². The Balaban J connectivity index is 1.62. The maximum atomic E-state index is 13.5. The Bertz CT molecular complexity index is 576. The minimum Gasteiger partial charge on any atom is -0.493 e. The Labute approximate surface area is 132 Å². The molecule has 0 aromatic heterocycles. The van der Waals surface area contributed by atoms with Gasteiger partial charge in [-0.05, 0) is 31.0 Å². The van der Waals surface area contributed by atoms with Crippen molar-refractivity contribution in [2.75, 3.05) is 26.2 Å². The fourth-order valence-electron chi connectivity index (χ4n) is 3.07. The van der Waals surface area contributed by atoms with Crippen LogP contribution in [0.1, 0.15) is 24.4 Å². The van der Waals surface area contributed by atoms with Crippen LogP contribution in [-0.2, 0) is 4.79 Å². The molecule has 2 aliphatic rings. The molecule has 2 heterocycles. The summed E-state index contributed by atoms with van der Waals surface area (Å²) in [5.41, 5.74) is 0.639. The molecule has 0 spiro atoms. The second kappa shape index (κ2) is 6.78. The van der Waals surface area contributed by atoms with Gasteiger partial charge >= 0.3 is 0 Å². The van der Waals surface area contributed by atoms with Crippen molar-refractivity contribution >= 4 is 5.91 Å². The first-order chi connectivity index (χ1) is 11.0. The van der Waals surface area contributed by atoms with Crippen LogP contribution in [0.2, 0.25) is 0 Å². The molecule has 0 radical (unpaired) electrons. The molecule has 1 aromatic carbocycles. The lowest BCUT2D eigenvalue weighted by Gasteiger charge is -2.38. The van der Waals surface area contributed by atoms with Crippen molar-refractivity contribution in [3.8, 4) is 5.75 Å². The maximum Gasteiger partial charge on any atom is 0.251 e. The van der Waals surface area contributed by atoms with Gasteiger partial charge in [0.2, 0.25) is 5.91 Å². The van der Waals surface area contributed by atoms with Gasteiger partial charge in [-0.15, -0.1) is 0 Å². The summed E-state index contributed by atoms with van der Waals surface area (Å²) in [6.45, 7) is 0.913.